The summed E-state index contributed by atoms with van der Waals surface area (Å²) in [6.45, 7) is 9.04. The smallest absolute Gasteiger partial charge is 0.333 e. The third-order valence-electron chi connectivity index (χ3n) is 7.97. The molecule has 0 radical (unpaired) electrons. The molecule has 8 heteroatoms. The maximum absolute atomic E-state index is 12.4. The molecule has 1 N–H and O–H groups in total. The van der Waals surface area contributed by atoms with Crippen LogP contribution in [0.4, 0.5) is 5.69 Å². The Balaban J connectivity index is 1.60. The fraction of sp³-hybridized carbons (Fsp3) is 0.625. The van der Waals surface area contributed by atoms with E-state index < -0.39 is 11.3 Å². The van der Waals surface area contributed by atoms with Gasteiger partial charge in [-0.3, -0.25) is 4.90 Å². The number of nitrogens with zero attached hydrogens (tertiary/aromatic N) is 1. The van der Waals surface area contributed by atoms with Gasteiger partial charge in [-0.1, -0.05) is 31.5 Å². The molecule has 1 aromatic rings. The summed E-state index contributed by atoms with van der Waals surface area (Å²) < 4.78 is 24.0. The molecule has 5 rings (SSSR count). The number of methoxy groups -OCH3 is 2. The number of carbonyl (C=O) groups is 1. The van der Waals surface area contributed by atoms with Gasteiger partial charge in [-0.15, -0.1) is 0 Å². The Labute approximate surface area is 194 Å². The van der Waals surface area contributed by atoms with Crippen LogP contribution in [0.3, 0.4) is 0 Å². The van der Waals surface area contributed by atoms with E-state index >= 15 is 0 Å². The molecule has 7 nitrogen and oxygen atoms in total. The number of anilines is 1. The van der Waals surface area contributed by atoms with E-state index in [0.717, 1.165) is 43.6 Å². The van der Waals surface area contributed by atoms with Crippen LogP contribution in [0.25, 0.3) is 0 Å². The first kappa shape index (κ1) is 22.0. The summed E-state index contributed by atoms with van der Waals surface area (Å²) in [5.74, 6) is 0.719. The Bertz CT molecular complexity index is 955. The second-order valence-electron chi connectivity index (χ2n) is 9.20. The zero-order valence-electron chi connectivity index (χ0n) is 18.9. The number of piperidine rings is 2. The molecule has 4 heterocycles. The van der Waals surface area contributed by atoms with Crippen molar-refractivity contribution in [1.82, 2.24) is 4.90 Å². The van der Waals surface area contributed by atoms with Crippen LogP contribution in [-0.4, -0.2) is 63.2 Å². The van der Waals surface area contributed by atoms with Crippen molar-refractivity contribution in [3.05, 3.63) is 34.9 Å². The third kappa shape index (κ3) is 2.87. The van der Waals surface area contributed by atoms with Gasteiger partial charge in [-0.05, 0) is 36.8 Å². The molecule has 4 aliphatic heterocycles. The summed E-state index contributed by atoms with van der Waals surface area (Å²) in [7, 11) is 3.07. The summed E-state index contributed by atoms with van der Waals surface area (Å²) >= 11 is 6.41. The van der Waals surface area contributed by atoms with Gasteiger partial charge in [0.2, 0.25) is 0 Å². The number of fused-ring (bicyclic) bond motifs is 2. The zero-order valence-corrected chi connectivity index (χ0v) is 19.7. The predicted molar refractivity (Wildman–Crippen MR) is 121 cm³/mol. The second-order valence-corrected chi connectivity index (χ2v) is 9.64. The van der Waals surface area contributed by atoms with Crippen molar-refractivity contribution in [2.24, 2.45) is 11.8 Å². The molecular formula is C24H31ClN2O5. The van der Waals surface area contributed by atoms with E-state index in [9.17, 15) is 4.79 Å². The van der Waals surface area contributed by atoms with Gasteiger partial charge in [0.05, 0.1) is 39.0 Å². The molecule has 0 unspecified atom stereocenters. The number of esters is 1. The zero-order chi connectivity index (χ0) is 22.7. The van der Waals surface area contributed by atoms with Crippen LogP contribution in [0.15, 0.2) is 24.3 Å². The highest BCUT2D eigenvalue weighted by atomic mass is 35.5. The van der Waals surface area contributed by atoms with Crippen molar-refractivity contribution >= 4 is 23.3 Å². The topological polar surface area (TPSA) is 69.3 Å². The van der Waals surface area contributed by atoms with Crippen LogP contribution in [0.2, 0.25) is 5.02 Å². The molecule has 0 amide bonds. The van der Waals surface area contributed by atoms with E-state index in [4.69, 9.17) is 30.5 Å². The average molecular weight is 463 g/mol. The Morgan fingerprint density at radius 3 is 2.84 bits per heavy atom. The number of nitrogens with one attached hydrogen (secondary N) is 1. The molecule has 1 aromatic carbocycles. The molecule has 32 heavy (non-hydrogen) atoms. The first-order valence-electron chi connectivity index (χ1n) is 11.4. The summed E-state index contributed by atoms with van der Waals surface area (Å²) in [6.07, 6.45) is 2.48. The summed E-state index contributed by atoms with van der Waals surface area (Å²) in [5, 5.41) is 4.29. The third-order valence-corrected chi connectivity index (χ3v) is 8.19. The molecule has 0 bridgehead atoms. The Hall–Kier alpha value is -1.80. The number of carbonyl (C=O) groups excluding carboxylic acids is 1. The number of hydrogen-bond donors (Lipinski definition) is 1. The molecule has 0 spiro atoms. The van der Waals surface area contributed by atoms with Crippen molar-refractivity contribution < 1.29 is 23.7 Å². The van der Waals surface area contributed by atoms with Gasteiger partial charge in [0.15, 0.2) is 5.72 Å². The largest absolute Gasteiger partial charge is 0.496 e. The highest BCUT2D eigenvalue weighted by Crippen LogP contribution is 2.62. The second kappa shape index (κ2) is 7.90. The molecule has 3 fully saturated rings. The quantitative estimate of drug-likeness (QED) is 0.542. The fourth-order valence-electron chi connectivity index (χ4n) is 6.56. The van der Waals surface area contributed by atoms with Gasteiger partial charge in [0.25, 0.3) is 0 Å². The van der Waals surface area contributed by atoms with Crippen molar-refractivity contribution in [2.45, 2.75) is 43.6 Å². The molecular weight excluding hydrogens is 432 g/mol. The Morgan fingerprint density at radius 1 is 1.34 bits per heavy atom. The van der Waals surface area contributed by atoms with Crippen LogP contribution in [-0.2, 0) is 24.6 Å². The predicted octanol–water partition coefficient (Wildman–Crippen LogP) is 3.56. The molecule has 5 atom stereocenters. The summed E-state index contributed by atoms with van der Waals surface area (Å²) in [6, 6.07) is 3.75. The number of ether oxygens (including phenoxy) is 4. The monoisotopic (exact) mass is 462 g/mol. The molecule has 3 saturated heterocycles. The minimum absolute atomic E-state index is 0.0124. The molecule has 0 aromatic heterocycles. The van der Waals surface area contributed by atoms with Crippen molar-refractivity contribution in [3.8, 4) is 5.75 Å². The van der Waals surface area contributed by atoms with Gasteiger partial charge in [-0.25, -0.2) is 4.79 Å². The van der Waals surface area contributed by atoms with Crippen LogP contribution in [0.1, 0.15) is 31.7 Å². The van der Waals surface area contributed by atoms with E-state index in [0.29, 0.717) is 35.5 Å². The lowest BCUT2D eigenvalue weighted by molar-refractivity contribution is -0.297. The van der Waals surface area contributed by atoms with Gasteiger partial charge in [0, 0.05) is 29.4 Å². The summed E-state index contributed by atoms with van der Waals surface area (Å²) in [5.41, 5.74) is 0.925. The van der Waals surface area contributed by atoms with E-state index in [-0.39, 0.29) is 17.9 Å². The van der Waals surface area contributed by atoms with E-state index in [1.807, 2.05) is 12.1 Å². The fourth-order valence-corrected chi connectivity index (χ4v) is 6.77. The number of halogens is 1. The first-order valence-corrected chi connectivity index (χ1v) is 11.7. The first-order chi connectivity index (χ1) is 15.4. The van der Waals surface area contributed by atoms with Crippen LogP contribution >= 0.6 is 11.6 Å². The number of benzene rings is 1. The molecule has 0 saturated carbocycles. The van der Waals surface area contributed by atoms with Crippen molar-refractivity contribution in [2.75, 3.05) is 45.8 Å². The highest BCUT2D eigenvalue weighted by molar-refractivity contribution is 6.31. The van der Waals surface area contributed by atoms with Crippen LogP contribution < -0.4 is 10.1 Å². The van der Waals surface area contributed by atoms with Gasteiger partial charge < -0.3 is 24.3 Å². The minimum atomic E-state index is -0.794. The molecule has 0 aliphatic carbocycles. The normalized spacial score (nSPS) is 35.6. The maximum Gasteiger partial charge on any atom is 0.333 e. The SMILES string of the molecule is C=C(C(=O)OC)[C@H]1C[C@@H]2N(CC[C@@]34OCCO[C@@]23Nc2cc(Cl)cc(OC)c24)C[C@H]1CC. The van der Waals surface area contributed by atoms with Crippen LogP contribution in [0.5, 0.6) is 5.75 Å². The minimum Gasteiger partial charge on any atom is -0.496 e. The maximum atomic E-state index is 12.4. The molecule has 4 aliphatic rings. The van der Waals surface area contributed by atoms with Gasteiger partial charge in [-0.2, -0.15) is 0 Å². The average Bonchev–Trinajstić information content (AvgIpc) is 3.12. The summed E-state index contributed by atoms with van der Waals surface area (Å²) in [4.78, 5) is 14.9. The van der Waals surface area contributed by atoms with Crippen molar-refractivity contribution in [1.29, 1.82) is 0 Å². The van der Waals surface area contributed by atoms with Gasteiger partial charge in [0.1, 0.15) is 11.4 Å². The Morgan fingerprint density at radius 2 is 2.12 bits per heavy atom. The van der Waals surface area contributed by atoms with Crippen molar-refractivity contribution in [3.63, 3.8) is 0 Å². The van der Waals surface area contributed by atoms with Gasteiger partial charge >= 0.3 is 5.97 Å². The van der Waals surface area contributed by atoms with E-state index in [1.165, 1.54) is 7.11 Å². The lowest BCUT2D eigenvalue weighted by atomic mass is 9.67. The number of hydrogen-bond acceptors (Lipinski definition) is 7. The Kier molecular flexibility index (Phi) is 5.44. The standard InChI is InChI=1S/C24H31ClN2O5/c1-5-15-13-27-7-6-23-21-18(10-16(25)11-19(21)29-3)26-24(23,32-9-8-31-23)20(27)12-17(15)14(2)22(28)30-4/h10-11,15,17,20,26H,2,5-9,12-13H2,1,3-4H3/t15-,17-,20+,23+,24+/m1/s1. The van der Waals surface area contributed by atoms with E-state index in [1.54, 1.807) is 7.11 Å². The lowest BCUT2D eigenvalue weighted by Crippen LogP contribution is -2.75. The lowest BCUT2D eigenvalue weighted by Gasteiger charge is -2.61. The highest BCUT2D eigenvalue weighted by Gasteiger charge is 2.70. The molecule has 174 valence electrons. The number of rotatable bonds is 4. The van der Waals surface area contributed by atoms with Crippen LogP contribution in [0, 0.1) is 11.8 Å². The van der Waals surface area contributed by atoms with E-state index in [2.05, 4.69) is 23.7 Å².